The minimum Gasteiger partial charge on any atom is -0.309 e. The van der Waals surface area contributed by atoms with Gasteiger partial charge in [0.25, 0.3) is 0 Å². The van der Waals surface area contributed by atoms with Gasteiger partial charge in [-0.15, -0.1) is 0 Å². The molecule has 0 atom stereocenters. The summed E-state index contributed by atoms with van der Waals surface area (Å²) < 4.78 is 9.51. The van der Waals surface area contributed by atoms with Gasteiger partial charge in [-0.2, -0.15) is 0 Å². The molecule has 4 aliphatic carbocycles. The van der Waals surface area contributed by atoms with E-state index in [0.717, 1.165) is 22.9 Å². The van der Waals surface area contributed by atoms with E-state index in [2.05, 4.69) is 454 Å². The van der Waals surface area contributed by atoms with Crippen LogP contribution in [0.3, 0.4) is 0 Å². The molecule has 0 spiro atoms. The zero-order chi connectivity index (χ0) is 83.8. The minimum absolute atomic E-state index is 0.939. The molecule has 0 radical (unpaired) electrons. The van der Waals surface area contributed by atoms with E-state index in [1.54, 1.807) is 0 Å². The van der Waals surface area contributed by atoms with Crippen molar-refractivity contribution >= 4 is 130 Å². The lowest BCUT2D eigenvalue weighted by Crippen LogP contribution is -1.99. The second-order valence-corrected chi connectivity index (χ2v) is 34.0. The SMILES string of the molecule is c1ccc(-c2cccc(-n3c4cccc5c4c4c6c(cccc6ccc43)-c3ccccc3-5)c2)cc1.c1ccc(-c2cccc(-n3c4cccc5c4c4c6c(cccc6ccc43)-c3ccccc3-5)n2)cc1.c1ccc(-n2c3cccc4c3c3c5c(cccc5ccc32)-c2ccccc2-4)cc1.c1ccc(-n2c3cccc4c3c3c5c(cccc5ccc32)-c2ccccc2-4)nc1. The lowest BCUT2D eigenvalue weighted by atomic mass is 9.93. The van der Waals surface area contributed by atoms with E-state index >= 15 is 0 Å². The van der Waals surface area contributed by atoms with Crippen LogP contribution < -0.4 is 0 Å². The van der Waals surface area contributed by atoms with Crippen LogP contribution >= 0.6 is 0 Å². The number of rotatable bonds is 6. The number of hydrogen-bond acceptors (Lipinski definition) is 2. The van der Waals surface area contributed by atoms with Crippen molar-refractivity contribution in [3.05, 3.63) is 449 Å². The van der Waals surface area contributed by atoms with Crippen molar-refractivity contribution in [3.8, 4) is 134 Å². The van der Waals surface area contributed by atoms with Crippen molar-refractivity contribution < 1.29 is 0 Å². The summed E-state index contributed by atoms with van der Waals surface area (Å²) in [5.74, 6) is 1.89. The Labute approximate surface area is 736 Å². The lowest BCUT2D eigenvalue weighted by Gasteiger charge is -2.14. The van der Waals surface area contributed by atoms with E-state index in [0.29, 0.717) is 0 Å². The first-order valence-electron chi connectivity index (χ1n) is 44.1. The van der Waals surface area contributed by atoms with Crippen LogP contribution in [-0.2, 0) is 0 Å². The fourth-order valence-corrected chi connectivity index (χ4v) is 22.2. The smallest absolute Gasteiger partial charge is 0.138 e. The molecular weight excluding hydrogens is 1550 g/mol. The first kappa shape index (κ1) is 71.5. The van der Waals surface area contributed by atoms with Gasteiger partial charge in [0.15, 0.2) is 0 Å². The maximum atomic E-state index is 5.14. The number of pyridine rings is 2. The highest BCUT2D eigenvalue weighted by Gasteiger charge is 2.31. The molecule has 6 heteroatoms. The molecule has 30 rings (SSSR count). The molecule has 0 saturated carbocycles. The molecule has 4 aliphatic rings. The monoisotopic (exact) mass is 1620 g/mol. The molecule has 128 heavy (non-hydrogen) atoms. The highest BCUT2D eigenvalue weighted by atomic mass is 15.1. The fourth-order valence-electron chi connectivity index (χ4n) is 22.2. The Hall–Kier alpha value is -17.1. The van der Waals surface area contributed by atoms with Crippen LogP contribution in [0.2, 0.25) is 0 Å². The van der Waals surface area contributed by atoms with Crippen LogP contribution in [0.1, 0.15) is 0 Å². The van der Waals surface area contributed by atoms with Gasteiger partial charge in [-0.05, 0) is 240 Å². The molecule has 6 heterocycles. The Kier molecular flexibility index (Phi) is 15.8. The van der Waals surface area contributed by atoms with Gasteiger partial charge >= 0.3 is 0 Å². The van der Waals surface area contributed by atoms with E-state index in [-0.39, 0.29) is 0 Å². The third-order valence-electron chi connectivity index (χ3n) is 27.4. The van der Waals surface area contributed by atoms with Gasteiger partial charge in [0.1, 0.15) is 11.6 Å². The van der Waals surface area contributed by atoms with Gasteiger partial charge in [-0.25, -0.2) is 9.97 Å². The Morgan fingerprint density at radius 3 is 0.797 bits per heavy atom. The van der Waals surface area contributed by atoms with Crippen LogP contribution in [-0.4, -0.2) is 28.2 Å². The molecule has 0 N–H and O–H groups in total. The van der Waals surface area contributed by atoms with Crippen LogP contribution in [0.15, 0.2) is 449 Å². The molecule has 0 fully saturated rings. The van der Waals surface area contributed by atoms with Crippen LogP contribution in [0, 0.1) is 0 Å². The Bertz CT molecular complexity index is 8650. The lowest BCUT2D eigenvalue weighted by molar-refractivity contribution is 1.08. The maximum absolute atomic E-state index is 5.14. The number of hydrogen-bond donors (Lipinski definition) is 0. The maximum Gasteiger partial charge on any atom is 0.138 e. The molecule has 0 aliphatic heterocycles. The molecule has 0 amide bonds. The predicted octanol–water partition coefficient (Wildman–Crippen LogP) is 32.5. The molecule has 6 aromatic heterocycles. The number of fused-ring (bicyclic) bond motifs is 12. The summed E-state index contributed by atoms with van der Waals surface area (Å²) in [5.41, 5.74) is 37.7. The van der Waals surface area contributed by atoms with Crippen molar-refractivity contribution in [3.63, 3.8) is 0 Å². The molecular formula is C122H74N6. The molecule has 0 saturated heterocycles. The molecule has 26 aromatic rings. The topological polar surface area (TPSA) is 45.5 Å². The van der Waals surface area contributed by atoms with Crippen LogP contribution in [0.5, 0.6) is 0 Å². The molecule has 0 bridgehead atoms. The average Bonchev–Trinajstić information content (AvgIpc) is 1.56. The standard InChI is InChI=1S/C34H21N.C33H20N2.C28H17N.C27H16N2/c1-2-9-22(10-3-1)24-12-6-13-25(21-24)35-30-18-8-17-29-27-15-5-4-14-26(27)28-16-7-11-23-19-20-31(35)34(32(23)28)33(29)30;1-2-9-21(10-3-1)27-16-8-18-30(34-27)35-28-17-7-15-26-24-13-5-4-12-23(24)25-14-6-11-22-19-20-29(35)33(31(22)25)32(26)28;1-2-9-19(10-3-1)29-24-15-7-14-23-21-12-5-4-11-20(21)22-13-6-8-18-16-17-25(29)28(26(18)22)27(23)24;1-2-9-19-18(8-1)20-10-5-7-17-14-15-23-27(25(17)20)26-21(19)11-6-12-22(26)29(23)24-13-3-4-16-28-24/h1-21H;1-20H;1-17H;1-16H. The van der Waals surface area contributed by atoms with Gasteiger partial charge in [0.05, 0.1) is 49.8 Å². The molecule has 592 valence electrons. The Balaban J connectivity index is 0.0000000886. The summed E-state index contributed by atoms with van der Waals surface area (Å²) in [5, 5.41) is 21.2. The molecule has 20 aromatic carbocycles. The van der Waals surface area contributed by atoms with E-state index in [9.17, 15) is 0 Å². The van der Waals surface area contributed by atoms with Gasteiger partial charge in [-0.1, -0.05) is 346 Å². The number of aromatic nitrogens is 6. The predicted molar refractivity (Wildman–Crippen MR) is 537 cm³/mol. The number of para-hydroxylation sites is 1. The fraction of sp³-hybridized carbons (Fsp3) is 0. The van der Waals surface area contributed by atoms with Crippen molar-refractivity contribution in [1.82, 2.24) is 28.2 Å². The van der Waals surface area contributed by atoms with Crippen molar-refractivity contribution in [1.29, 1.82) is 0 Å². The normalized spacial score (nSPS) is 12.1. The minimum atomic E-state index is 0.939. The Morgan fingerprint density at radius 2 is 0.414 bits per heavy atom. The zero-order valence-corrected chi connectivity index (χ0v) is 69.4. The second-order valence-electron chi connectivity index (χ2n) is 34.0. The van der Waals surface area contributed by atoms with Gasteiger partial charge in [0, 0.05) is 66.2 Å². The third kappa shape index (κ3) is 10.5. The van der Waals surface area contributed by atoms with Crippen molar-refractivity contribution in [2.75, 3.05) is 0 Å². The van der Waals surface area contributed by atoms with Gasteiger partial charge in [-0.3, -0.25) is 9.13 Å². The zero-order valence-electron chi connectivity index (χ0n) is 69.4. The van der Waals surface area contributed by atoms with Crippen LogP contribution in [0.4, 0.5) is 0 Å². The summed E-state index contributed by atoms with van der Waals surface area (Å²) in [6.45, 7) is 0. The summed E-state index contributed by atoms with van der Waals surface area (Å²) in [6.07, 6.45) is 1.87. The highest BCUT2D eigenvalue weighted by Crippen LogP contribution is 2.56. The van der Waals surface area contributed by atoms with Gasteiger partial charge < -0.3 is 9.13 Å². The van der Waals surface area contributed by atoms with Gasteiger partial charge in [0.2, 0.25) is 0 Å². The summed E-state index contributed by atoms with van der Waals surface area (Å²) >= 11 is 0. The largest absolute Gasteiger partial charge is 0.309 e. The van der Waals surface area contributed by atoms with Crippen molar-refractivity contribution in [2.45, 2.75) is 0 Å². The quantitative estimate of drug-likeness (QED) is 0.167. The van der Waals surface area contributed by atoms with E-state index in [4.69, 9.17) is 4.98 Å². The summed E-state index contributed by atoms with van der Waals surface area (Å²) in [4.78, 5) is 9.82. The number of nitrogens with zero attached hydrogens (tertiary/aromatic N) is 6. The summed E-state index contributed by atoms with van der Waals surface area (Å²) in [6, 6.07) is 160. The summed E-state index contributed by atoms with van der Waals surface area (Å²) in [7, 11) is 0. The average molecular weight is 1620 g/mol. The van der Waals surface area contributed by atoms with E-state index in [1.165, 1.54) is 242 Å². The molecule has 0 unspecified atom stereocenters. The highest BCUT2D eigenvalue weighted by molar-refractivity contribution is 6.35. The Morgan fingerprint density at radius 1 is 0.148 bits per heavy atom. The van der Waals surface area contributed by atoms with Crippen molar-refractivity contribution in [2.24, 2.45) is 0 Å². The van der Waals surface area contributed by atoms with Crippen LogP contribution in [0.25, 0.3) is 265 Å². The first-order valence-corrected chi connectivity index (χ1v) is 44.1. The number of benzene rings is 20. The molecule has 6 nitrogen and oxygen atoms in total. The second kappa shape index (κ2) is 28.2. The van der Waals surface area contributed by atoms with E-state index < -0.39 is 0 Å². The first-order chi connectivity index (χ1) is 63.6. The third-order valence-corrected chi connectivity index (χ3v) is 27.4. The van der Waals surface area contributed by atoms with E-state index in [1.807, 2.05) is 18.3 Å².